The zero-order valence-corrected chi connectivity index (χ0v) is 20.5. The Labute approximate surface area is 200 Å². The molecular formula is C24H32N6O3S. The maximum Gasteiger partial charge on any atom is 0.242 e. The number of carbonyl (C=O) groups excluding carboxylic acids is 1. The molecule has 2 heterocycles. The highest BCUT2D eigenvalue weighted by Crippen LogP contribution is 2.20. The summed E-state index contributed by atoms with van der Waals surface area (Å²) in [5.41, 5.74) is 2.60. The van der Waals surface area contributed by atoms with Gasteiger partial charge in [0, 0.05) is 52.7 Å². The van der Waals surface area contributed by atoms with Gasteiger partial charge in [-0.15, -0.1) is 5.10 Å². The Morgan fingerprint density at radius 1 is 1.12 bits per heavy atom. The normalized spacial score (nSPS) is 15.7. The summed E-state index contributed by atoms with van der Waals surface area (Å²) in [5.74, 6) is 0.0605. The highest BCUT2D eigenvalue weighted by molar-refractivity contribution is 7.89. The van der Waals surface area contributed by atoms with Crippen molar-refractivity contribution in [2.75, 3.05) is 27.2 Å². The minimum atomic E-state index is -3.52. The molecule has 1 fully saturated rings. The molecule has 10 heteroatoms. The second-order valence-electron chi connectivity index (χ2n) is 8.96. The number of rotatable bonds is 9. The molecule has 0 unspecified atom stereocenters. The predicted octanol–water partition coefficient (Wildman–Crippen LogP) is 2.24. The number of carbonyl (C=O) groups is 1. The Hall–Kier alpha value is -2.82. The van der Waals surface area contributed by atoms with Crippen molar-refractivity contribution in [2.45, 2.75) is 49.7 Å². The monoisotopic (exact) mass is 484 g/mol. The maximum absolute atomic E-state index is 12.5. The van der Waals surface area contributed by atoms with Gasteiger partial charge in [0.2, 0.25) is 15.9 Å². The second-order valence-corrected chi connectivity index (χ2v) is 11.1. The SMILES string of the molecule is CN(C)S(=O)(=O)c1ccc2c(c1)nnn2CCCC(=O)NC1CCN(Cc2ccccc2)CC1. The van der Waals surface area contributed by atoms with Crippen molar-refractivity contribution in [1.29, 1.82) is 0 Å². The van der Waals surface area contributed by atoms with E-state index in [1.54, 1.807) is 16.8 Å². The van der Waals surface area contributed by atoms with Crippen molar-refractivity contribution >= 4 is 27.0 Å². The van der Waals surface area contributed by atoms with Crippen LogP contribution in [0, 0.1) is 0 Å². The summed E-state index contributed by atoms with van der Waals surface area (Å²) in [4.78, 5) is 15.1. The molecule has 34 heavy (non-hydrogen) atoms. The van der Waals surface area contributed by atoms with Gasteiger partial charge in [0.05, 0.1) is 10.4 Å². The zero-order valence-electron chi connectivity index (χ0n) is 19.7. The molecule has 0 radical (unpaired) electrons. The summed E-state index contributed by atoms with van der Waals surface area (Å²) >= 11 is 0. The van der Waals surface area contributed by atoms with Crippen LogP contribution in [0.2, 0.25) is 0 Å². The van der Waals surface area contributed by atoms with Crippen molar-refractivity contribution in [1.82, 2.24) is 29.5 Å². The van der Waals surface area contributed by atoms with E-state index in [1.807, 2.05) is 6.07 Å². The van der Waals surface area contributed by atoms with Crippen LogP contribution < -0.4 is 5.32 Å². The first-order valence-electron chi connectivity index (χ1n) is 11.6. The molecule has 182 valence electrons. The number of aryl methyl sites for hydroxylation is 1. The van der Waals surface area contributed by atoms with Crippen LogP contribution in [0.3, 0.4) is 0 Å². The first-order valence-corrected chi connectivity index (χ1v) is 13.1. The minimum absolute atomic E-state index is 0.0605. The standard InChI is InChI=1S/C24H32N6O3S/c1-28(2)34(32,33)21-10-11-23-22(17-21)26-27-30(23)14-6-9-24(31)25-20-12-15-29(16-13-20)18-19-7-4-3-5-8-19/h3-5,7-8,10-11,17,20H,6,9,12-16,18H2,1-2H3,(H,25,31). The quantitative estimate of drug-likeness (QED) is 0.500. The third-order valence-corrected chi connectivity index (χ3v) is 8.05. The number of amides is 1. The predicted molar refractivity (Wildman–Crippen MR) is 131 cm³/mol. The molecule has 4 rings (SSSR count). The van der Waals surface area contributed by atoms with Crippen molar-refractivity contribution < 1.29 is 13.2 Å². The van der Waals surface area contributed by atoms with Crippen LogP contribution in [0.1, 0.15) is 31.2 Å². The van der Waals surface area contributed by atoms with E-state index in [-0.39, 0.29) is 16.8 Å². The van der Waals surface area contributed by atoms with Gasteiger partial charge in [-0.25, -0.2) is 17.4 Å². The molecule has 1 aromatic heterocycles. The van der Waals surface area contributed by atoms with Gasteiger partial charge in [-0.05, 0) is 43.0 Å². The third kappa shape index (κ3) is 5.81. The Kier molecular flexibility index (Phi) is 7.60. The van der Waals surface area contributed by atoms with Gasteiger partial charge in [-0.1, -0.05) is 35.5 Å². The van der Waals surface area contributed by atoms with Gasteiger partial charge in [-0.3, -0.25) is 9.69 Å². The number of nitrogens with one attached hydrogen (secondary N) is 1. The fourth-order valence-electron chi connectivity index (χ4n) is 4.25. The van der Waals surface area contributed by atoms with E-state index >= 15 is 0 Å². The molecule has 0 saturated carbocycles. The molecule has 0 aliphatic carbocycles. The smallest absolute Gasteiger partial charge is 0.242 e. The van der Waals surface area contributed by atoms with Gasteiger partial charge in [0.25, 0.3) is 0 Å². The molecule has 0 bridgehead atoms. The summed E-state index contributed by atoms with van der Waals surface area (Å²) in [6, 6.07) is 15.5. The molecule has 1 amide bonds. The average molecular weight is 485 g/mol. The van der Waals surface area contributed by atoms with E-state index in [9.17, 15) is 13.2 Å². The Morgan fingerprint density at radius 3 is 2.56 bits per heavy atom. The molecule has 1 N–H and O–H groups in total. The molecule has 1 aliphatic heterocycles. The van der Waals surface area contributed by atoms with Gasteiger partial charge < -0.3 is 5.32 Å². The summed E-state index contributed by atoms with van der Waals surface area (Å²) in [5, 5.41) is 11.4. The number of hydrogen-bond donors (Lipinski definition) is 1. The lowest BCUT2D eigenvalue weighted by Gasteiger charge is -2.32. The molecule has 3 aromatic rings. The van der Waals surface area contributed by atoms with Crippen LogP contribution in [0.5, 0.6) is 0 Å². The number of sulfonamides is 1. The highest BCUT2D eigenvalue weighted by Gasteiger charge is 2.21. The minimum Gasteiger partial charge on any atom is -0.353 e. The van der Waals surface area contributed by atoms with Crippen LogP contribution in [0.15, 0.2) is 53.4 Å². The first kappa shape index (κ1) is 24.3. The Bertz CT molecular complexity index is 1220. The van der Waals surface area contributed by atoms with Crippen LogP contribution in [-0.4, -0.2) is 71.8 Å². The number of likely N-dealkylation sites (tertiary alicyclic amines) is 1. The van der Waals surface area contributed by atoms with E-state index < -0.39 is 10.0 Å². The molecular weight excluding hydrogens is 452 g/mol. The number of aromatic nitrogens is 3. The fourth-order valence-corrected chi connectivity index (χ4v) is 5.18. The number of fused-ring (bicyclic) bond motifs is 1. The van der Waals surface area contributed by atoms with Gasteiger partial charge in [0.15, 0.2) is 0 Å². The van der Waals surface area contributed by atoms with Crippen LogP contribution in [-0.2, 0) is 27.9 Å². The molecule has 0 atom stereocenters. The summed E-state index contributed by atoms with van der Waals surface area (Å²) in [7, 11) is -0.530. The Balaban J connectivity index is 1.22. The van der Waals surface area contributed by atoms with Crippen molar-refractivity contribution in [3.63, 3.8) is 0 Å². The number of hydrogen-bond acceptors (Lipinski definition) is 6. The van der Waals surface area contributed by atoms with E-state index in [0.717, 1.165) is 38.0 Å². The topological polar surface area (TPSA) is 100 Å². The van der Waals surface area contributed by atoms with Crippen molar-refractivity contribution in [3.8, 4) is 0 Å². The molecule has 9 nitrogen and oxygen atoms in total. The summed E-state index contributed by atoms with van der Waals surface area (Å²) in [6.45, 7) is 3.46. The zero-order chi connectivity index (χ0) is 24.1. The number of nitrogens with zero attached hydrogens (tertiary/aromatic N) is 5. The lowest BCUT2D eigenvalue weighted by atomic mass is 10.0. The van der Waals surface area contributed by atoms with E-state index in [1.165, 1.54) is 30.0 Å². The van der Waals surface area contributed by atoms with Crippen molar-refractivity contribution in [2.24, 2.45) is 0 Å². The van der Waals surface area contributed by atoms with E-state index in [0.29, 0.717) is 24.9 Å². The van der Waals surface area contributed by atoms with Crippen LogP contribution in [0.25, 0.3) is 11.0 Å². The Morgan fingerprint density at radius 2 is 1.85 bits per heavy atom. The third-order valence-electron chi connectivity index (χ3n) is 6.24. The van der Waals surface area contributed by atoms with Crippen molar-refractivity contribution in [3.05, 3.63) is 54.1 Å². The number of benzene rings is 2. The molecule has 2 aromatic carbocycles. The van der Waals surface area contributed by atoms with Gasteiger partial charge >= 0.3 is 0 Å². The van der Waals surface area contributed by atoms with Gasteiger partial charge in [0.1, 0.15) is 5.52 Å². The fraction of sp³-hybridized carbons (Fsp3) is 0.458. The first-order chi connectivity index (χ1) is 16.3. The van der Waals surface area contributed by atoms with E-state index in [4.69, 9.17) is 0 Å². The van der Waals surface area contributed by atoms with Crippen LogP contribution >= 0.6 is 0 Å². The van der Waals surface area contributed by atoms with E-state index in [2.05, 4.69) is 44.8 Å². The molecule has 1 saturated heterocycles. The van der Waals surface area contributed by atoms with Gasteiger partial charge in [-0.2, -0.15) is 0 Å². The largest absolute Gasteiger partial charge is 0.353 e. The maximum atomic E-state index is 12.5. The molecule has 1 aliphatic rings. The second kappa shape index (κ2) is 10.6. The summed E-state index contributed by atoms with van der Waals surface area (Å²) < 4.78 is 27.5. The highest BCUT2D eigenvalue weighted by atomic mass is 32.2. The lowest BCUT2D eigenvalue weighted by Crippen LogP contribution is -2.44. The summed E-state index contributed by atoms with van der Waals surface area (Å²) in [6.07, 6.45) is 2.97. The van der Waals surface area contributed by atoms with Crippen LogP contribution in [0.4, 0.5) is 0 Å². The number of piperidine rings is 1. The molecule has 0 spiro atoms. The average Bonchev–Trinajstić information content (AvgIpc) is 3.23. The lowest BCUT2D eigenvalue weighted by molar-refractivity contribution is -0.122.